The monoisotopic (exact) mass is 495 g/mol. The summed E-state index contributed by atoms with van der Waals surface area (Å²) in [5.74, 6) is -0.0613. The Labute approximate surface area is 208 Å². The van der Waals surface area contributed by atoms with Gasteiger partial charge >= 0.3 is 0 Å². The minimum absolute atomic E-state index is 0.000850. The van der Waals surface area contributed by atoms with Gasteiger partial charge in [-0.3, -0.25) is 19.5 Å². The van der Waals surface area contributed by atoms with E-state index < -0.39 is 11.1 Å². The van der Waals surface area contributed by atoms with Crippen LogP contribution in [0.4, 0.5) is 17.1 Å². The standard InChI is InChI=1S/C26H33N5O5/c1-4-18(20-14-9-15-36-20)27-21-22(26(35)31(29-24(21)33)16-10-6-5-7-11-16)28-19-13-8-12-17(23(19)32)25(34)30(2)3/h8-9,12-16,18,27-28,32H,4-7,10-11H2,1-3H3,(H,29,33). The Hall–Kier alpha value is -3.95. The first-order valence-electron chi connectivity index (χ1n) is 12.3. The van der Waals surface area contributed by atoms with Crippen molar-refractivity contribution >= 4 is 23.0 Å². The molecule has 1 aliphatic rings. The summed E-state index contributed by atoms with van der Waals surface area (Å²) in [6.07, 6.45) is 6.80. The molecule has 1 aromatic carbocycles. The van der Waals surface area contributed by atoms with Crippen LogP contribution in [0.3, 0.4) is 0 Å². The van der Waals surface area contributed by atoms with Crippen LogP contribution in [0.2, 0.25) is 0 Å². The molecule has 0 bridgehead atoms. The van der Waals surface area contributed by atoms with Crippen LogP contribution < -0.4 is 21.8 Å². The van der Waals surface area contributed by atoms with Crippen LogP contribution in [-0.2, 0) is 0 Å². The number of carbonyl (C=O) groups excluding carboxylic acids is 1. The Bertz CT molecular complexity index is 1320. The number of nitrogens with one attached hydrogen (secondary N) is 3. The predicted molar refractivity (Wildman–Crippen MR) is 138 cm³/mol. The number of nitrogens with zero attached hydrogens (tertiary/aromatic N) is 2. The van der Waals surface area contributed by atoms with E-state index in [4.69, 9.17) is 4.42 Å². The predicted octanol–water partition coefficient (Wildman–Crippen LogP) is 4.35. The van der Waals surface area contributed by atoms with Crippen molar-refractivity contribution in [1.29, 1.82) is 0 Å². The van der Waals surface area contributed by atoms with E-state index in [2.05, 4.69) is 15.7 Å². The number of amides is 1. The Kier molecular flexibility index (Phi) is 7.52. The van der Waals surface area contributed by atoms with Crippen molar-refractivity contribution in [3.05, 3.63) is 68.6 Å². The van der Waals surface area contributed by atoms with Crippen LogP contribution in [0, 0.1) is 0 Å². The first-order chi connectivity index (χ1) is 17.3. The van der Waals surface area contributed by atoms with E-state index in [0.29, 0.717) is 12.2 Å². The lowest BCUT2D eigenvalue weighted by Gasteiger charge is -2.25. The number of aromatic nitrogens is 2. The third-order valence-corrected chi connectivity index (χ3v) is 6.62. The fourth-order valence-corrected chi connectivity index (χ4v) is 4.64. The molecule has 2 aromatic heterocycles. The third-order valence-electron chi connectivity index (χ3n) is 6.62. The molecule has 2 heterocycles. The number of phenolic OH excluding ortho intramolecular Hbond substituents is 1. The van der Waals surface area contributed by atoms with E-state index in [0.717, 1.165) is 32.1 Å². The maximum Gasteiger partial charge on any atom is 0.291 e. The molecule has 0 radical (unpaired) electrons. The van der Waals surface area contributed by atoms with Gasteiger partial charge in [0.2, 0.25) is 0 Å². The van der Waals surface area contributed by atoms with E-state index in [1.54, 1.807) is 44.6 Å². The van der Waals surface area contributed by atoms with E-state index in [-0.39, 0.29) is 46.4 Å². The van der Waals surface area contributed by atoms with Gasteiger partial charge in [-0.2, -0.15) is 0 Å². The van der Waals surface area contributed by atoms with Gasteiger partial charge in [0, 0.05) is 14.1 Å². The molecule has 4 N–H and O–H groups in total. The molecule has 3 aromatic rings. The first kappa shape index (κ1) is 25.2. The molecular weight excluding hydrogens is 462 g/mol. The van der Waals surface area contributed by atoms with Crippen LogP contribution in [0.15, 0.2) is 50.6 Å². The SMILES string of the molecule is CCC(Nc1c(Nc2cccc(C(=O)N(C)C)c2O)c(=O)n(C2CCCCC2)[nH]c1=O)c1ccco1. The number of anilines is 3. The highest BCUT2D eigenvalue weighted by molar-refractivity contribution is 5.98. The molecule has 1 aliphatic carbocycles. The van der Waals surface area contributed by atoms with Crippen molar-refractivity contribution in [2.75, 3.05) is 24.7 Å². The van der Waals surface area contributed by atoms with Gasteiger partial charge in [-0.25, -0.2) is 4.68 Å². The average Bonchev–Trinajstić information content (AvgIpc) is 3.41. The molecule has 0 spiro atoms. The number of aromatic hydroxyl groups is 1. The lowest BCUT2D eigenvalue weighted by molar-refractivity contribution is 0.0824. The normalized spacial score (nSPS) is 14.9. The first-order valence-corrected chi connectivity index (χ1v) is 12.3. The van der Waals surface area contributed by atoms with E-state index in [1.165, 1.54) is 15.6 Å². The Morgan fingerprint density at radius 1 is 1.17 bits per heavy atom. The summed E-state index contributed by atoms with van der Waals surface area (Å²) in [6.45, 7) is 1.94. The number of para-hydroxylation sites is 1. The Morgan fingerprint density at radius 2 is 1.92 bits per heavy atom. The minimum atomic E-state index is -0.465. The second-order valence-electron chi connectivity index (χ2n) is 9.30. The second kappa shape index (κ2) is 10.8. The number of hydrogen-bond donors (Lipinski definition) is 4. The topological polar surface area (TPSA) is 133 Å². The molecule has 10 heteroatoms. The van der Waals surface area contributed by atoms with Gasteiger partial charge in [-0.05, 0) is 43.5 Å². The largest absolute Gasteiger partial charge is 0.505 e. The van der Waals surface area contributed by atoms with Crippen LogP contribution in [0.25, 0.3) is 0 Å². The molecule has 10 nitrogen and oxygen atoms in total. The van der Waals surface area contributed by atoms with Crippen LogP contribution in [-0.4, -0.2) is 39.8 Å². The average molecular weight is 496 g/mol. The van der Waals surface area contributed by atoms with Crippen molar-refractivity contribution in [2.24, 2.45) is 0 Å². The van der Waals surface area contributed by atoms with Crippen LogP contribution >= 0.6 is 0 Å². The highest BCUT2D eigenvalue weighted by Gasteiger charge is 2.25. The highest BCUT2D eigenvalue weighted by Crippen LogP contribution is 2.33. The van der Waals surface area contributed by atoms with Gasteiger partial charge in [-0.15, -0.1) is 0 Å². The quantitative estimate of drug-likeness (QED) is 0.342. The lowest BCUT2D eigenvalue weighted by Crippen LogP contribution is -2.37. The van der Waals surface area contributed by atoms with E-state index in [9.17, 15) is 19.5 Å². The minimum Gasteiger partial charge on any atom is -0.505 e. The molecule has 1 atom stereocenters. The molecule has 1 unspecified atom stereocenters. The van der Waals surface area contributed by atoms with Crippen molar-refractivity contribution in [1.82, 2.24) is 14.7 Å². The van der Waals surface area contributed by atoms with Crippen molar-refractivity contribution in [3.8, 4) is 5.75 Å². The fraction of sp³-hybridized carbons (Fsp3) is 0.423. The summed E-state index contributed by atoms with van der Waals surface area (Å²) >= 11 is 0. The van der Waals surface area contributed by atoms with Gasteiger partial charge in [0.1, 0.15) is 17.1 Å². The zero-order valence-electron chi connectivity index (χ0n) is 20.8. The number of rotatable bonds is 8. The molecule has 1 saturated carbocycles. The van der Waals surface area contributed by atoms with Crippen molar-refractivity contribution in [2.45, 2.75) is 57.5 Å². The van der Waals surface area contributed by atoms with Crippen molar-refractivity contribution in [3.63, 3.8) is 0 Å². The number of benzene rings is 1. The maximum absolute atomic E-state index is 13.8. The molecule has 1 amide bonds. The lowest BCUT2D eigenvalue weighted by atomic mass is 9.95. The number of H-pyrrole nitrogens is 1. The third kappa shape index (κ3) is 5.02. The molecule has 4 rings (SSSR count). The van der Waals surface area contributed by atoms with Gasteiger partial charge < -0.3 is 25.1 Å². The fourth-order valence-electron chi connectivity index (χ4n) is 4.64. The van der Waals surface area contributed by atoms with Crippen LogP contribution in [0.1, 0.15) is 73.7 Å². The summed E-state index contributed by atoms with van der Waals surface area (Å²) in [4.78, 5) is 41.0. The molecule has 0 aliphatic heterocycles. The van der Waals surface area contributed by atoms with Crippen molar-refractivity contribution < 1.29 is 14.3 Å². The zero-order chi connectivity index (χ0) is 25.8. The van der Waals surface area contributed by atoms with Gasteiger partial charge in [0.25, 0.3) is 17.0 Å². The van der Waals surface area contributed by atoms with E-state index in [1.807, 2.05) is 6.92 Å². The zero-order valence-corrected chi connectivity index (χ0v) is 20.8. The van der Waals surface area contributed by atoms with Gasteiger partial charge in [0.15, 0.2) is 5.75 Å². The van der Waals surface area contributed by atoms with E-state index >= 15 is 0 Å². The summed E-state index contributed by atoms with van der Waals surface area (Å²) in [5.41, 5.74) is -0.610. The number of furan rings is 1. The summed E-state index contributed by atoms with van der Waals surface area (Å²) < 4.78 is 6.93. The molecule has 192 valence electrons. The summed E-state index contributed by atoms with van der Waals surface area (Å²) in [6, 6.07) is 7.75. The Balaban J connectivity index is 1.82. The maximum atomic E-state index is 13.8. The van der Waals surface area contributed by atoms with Crippen LogP contribution in [0.5, 0.6) is 5.75 Å². The second-order valence-corrected chi connectivity index (χ2v) is 9.30. The van der Waals surface area contributed by atoms with Gasteiger partial charge in [-0.1, -0.05) is 32.3 Å². The summed E-state index contributed by atoms with van der Waals surface area (Å²) in [5, 5.41) is 19.8. The number of carbonyl (C=O) groups is 1. The molecule has 0 saturated heterocycles. The summed E-state index contributed by atoms with van der Waals surface area (Å²) in [7, 11) is 3.17. The van der Waals surface area contributed by atoms with Gasteiger partial charge in [0.05, 0.1) is 29.6 Å². The number of aromatic amines is 1. The number of hydrogen-bond acceptors (Lipinski definition) is 7. The Morgan fingerprint density at radius 3 is 2.56 bits per heavy atom. The molecular formula is C26H33N5O5. The molecule has 1 fully saturated rings. The smallest absolute Gasteiger partial charge is 0.291 e. The number of phenols is 1. The highest BCUT2D eigenvalue weighted by atomic mass is 16.3. The molecule has 36 heavy (non-hydrogen) atoms.